The fourth-order valence-corrected chi connectivity index (χ4v) is 1.90. The Hall–Kier alpha value is -2.76. The Morgan fingerprint density at radius 2 is 1.90 bits per heavy atom. The highest BCUT2D eigenvalue weighted by Gasteiger charge is 2.09. The van der Waals surface area contributed by atoms with E-state index in [0.29, 0.717) is 17.1 Å². The van der Waals surface area contributed by atoms with Crippen LogP contribution in [0.3, 0.4) is 0 Å². The third-order valence-electron chi connectivity index (χ3n) is 2.88. The number of halogens is 1. The molecular formula is C14H11FN4O. The van der Waals surface area contributed by atoms with E-state index in [1.807, 2.05) is 0 Å². The van der Waals surface area contributed by atoms with E-state index in [2.05, 4.69) is 15.1 Å². The monoisotopic (exact) mass is 270 g/mol. The molecule has 1 aromatic carbocycles. The van der Waals surface area contributed by atoms with Crippen molar-refractivity contribution in [2.45, 2.75) is 6.54 Å². The number of nitrogens with one attached hydrogen (secondary N) is 1. The summed E-state index contributed by atoms with van der Waals surface area (Å²) in [6.45, 7) is 0.137. The number of benzene rings is 1. The van der Waals surface area contributed by atoms with Crippen molar-refractivity contribution < 1.29 is 4.39 Å². The van der Waals surface area contributed by atoms with E-state index >= 15 is 0 Å². The summed E-state index contributed by atoms with van der Waals surface area (Å²) in [5.41, 5.74) is 0.694. The molecule has 2 aromatic heterocycles. The van der Waals surface area contributed by atoms with Crippen molar-refractivity contribution in [1.29, 1.82) is 0 Å². The van der Waals surface area contributed by atoms with Gasteiger partial charge in [0.05, 0.1) is 6.54 Å². The van der Waals surface area contributed by atoms with Gasteiger partial charge in [-0.2, -0.15) is 0 Å². The van der Waals surface area contributed by atoms with Gasteiger partial charge in [-0.05, 0) is 12.1 Å². The summed E-state index contributed by atoms with van der Waals surface area (Å²) in [5.74, 6) is 0.0865. The molecule has 0 saturated heterocycles. The summed E-state index contributed by atoms with van der Waals surface area (Å²) in [6.07, 6.45) is 3.18. The number of nitrogens with zero attached hydrogens (tertiary/aromatic N) is 3. The van der Waals surface area contributed by atoms with Crippen molar-refractivity contribution in [3.05, 3.63) is 70.5 Å². The summed E-state index contributed by atoms with van der Waals surface area (Å²) in [5, 5.41) is 2.89. The number of aromatic nitrogens is 4. The summed E-state index contributed by atoms with van der Waals surface area (Å²) < 4.78 is 14.9. The minimum Gasteiger partial charge on any atom is -0.291 e. The van der Waals surface area contributed by atoms with Crippen molar-refractivity contribution in [3.8, 4) is 11.5 Å². The van der Waals surface area contributed by atoms with Crippen LogP contribution in [0.2, 0.25) is 0 Å². The topological polar surface area (TPSA) is 63.6 Å². The SMILES string of the molecule is O=c1cc(-c2ncccn2)[nH]n1Cc1ccccc1F. The third-order valence-corrected chi connectivity index (χ3v) is 2.88. The standard InChI is InChI=1S/C14H11FN4O/c15-11-5-2-1-4-10(11)9-19-13(20)8-12(18-19)14-16-6-3-7-17-14/h1-8,18H,9H2. The van der Waals surface area contributed by atoms with Gasteiger partial charge in [0.2, 0.25) is 0 Å². The molecule has 0 spiro atoms. The molecule has 1 N–H and O–H groups in total. The van der Waals surface area contributed by atoms with Crippen LogP contribution in [0.1, 0.15) is 5.56 Å². The van der Waals surface area contributed by atoms with Crippen LogP contribution >= 0.6 is 0 Å². The van der Waals surface area contributed by atoms with Crippen molar-refractivity contribution in [1.82, 2.24) is 19.7 Å². The Morgan fingerprint density at radius 3 is 2.65 bits per heavy atom. The average molecular weight is 270 g/mol. The molecule has 0 amide bonds. The van der Waals surface area contributed by atoms with Crippen LogP contribution in [0.25, 0.3) is 11.5 Å². The molecule has 0 atom stereocenters. The molecule has 20 heavy (non-hydrogen) atoms. The van der Waals surface area contributed by atoms with Gasteiger partial charge in [0.15, 0.2) is 5.82 Å². The van der Waals surface area contributed by atoms with E-state index in [0.717, 1.165) is 0 Å². The fraction of sp³-hybridized carbons (Fsp3) is 0.0714. The number of hydrogen-bond acceptors (Lipinski definition) is 3. The Labute approximate surface area is 113 Å². The molecule has 0 fully saturated rings. The smallest absolute Gasteiger partial charge is 0.267 e. The Balaban J connectivity index is 1.95. The molecule has 0 unspecified atom stereocenters. The largest absolute Gasteiger partial charge is 0.291 e. The van der Waals surface area contributed by atoms with E-state index < -0.39 is 0 Å². The van der Waals surface area contributed by atoms with Crippen LogP contribution in [0.4, 0.5) is 4.39 Å². The predicted octanol–water partition coefficient (Wildman–Crippen LogP) is 1.82. The zero-order chi connectivity index (χ0) is 13.9. The van der Waals surface area contributed by atoms with Gasteiger partial charge < -0.3 is 0 Å². The molecule has 0 aliphatic heterocycles. The number of H-pyrrole nitrogens is 1. The lowest BCUT2D eigenvalue weighted by Crippen LogP contribution is -2.17. The molecule has 0 aliphatic rings. The molecule has 6 heteroatoms. The van der Waals surface area contributed by atoms with Gasteiger partial charge in [-0.15, -0.1) is 0 Å². The van der Waals surface area contributed by atoms with Gasteiger partial charge in [0.25, 0.3) is 5.56 Å². The Morgan fingerprint density at radius 1 is 1.15 bits per heavy atom. The maximum Gasteiger partial charge on any atom is 0.267 e. The highest BCUT2D eigenvalue weighted by atomic mass is 19.1. The van der Waals surface area contributed by atoms with Crippen molar-refractivity contribution in [3.63, 3.8) is 0 Å². The maximum absolute atomic E-state index is 13.6. The first-order valence-corrected chi connectivity index (χ1v) is 6.05. The second kappa shape index (κ2) is 5.08. The van der Waals surface area contributed by atoms with Crippen molar-refractivity contribution >= 4 is 0 Å². The summed E-state index contributed by atoms with van der Waals surface area (Å²) in [4.78, 5) is 20.0. The number of hydrogen-bond donors (Lipinski definition) is 1. The van der Waals surface area contributed by atoms with Crippen LogP contribution < -0.4 is 5.56 Å². The lowest BCUT2D eigenvalue weighted by atomic mass is 10.2. The zero-order valence-electron chi connectivity index (χ0n) is 10.5. The highest BCUT2D eigenvalue weighted by molar-refractivity contribution is 5.47. The van der Waals surface area contributed by atoms with Crippen LogP contribution in [0, 0.1) is 5.82 Å². The molecule has 2 heterocycles. The molecule has 0 saturated carbocycles. The normalized spacial score (nSPS) is 10.7. The maximum atomic E-state index is 13.6. The molecule has 0 radical (unpaired) electrons. The summed E-state index contributed by atoms with van der Waals surface area (Å²) in [7, 11) is 0. The first-order chi connectivity index (χ1) is 9.74. The van der Waals surface area contributed by atoms with E-state index in [4.69, 9.17) is 0 Å². The average Bonchev–Trinajstić information content (AvgIpc) is 2.84. The predicted molar refractivity (Wildman–Crippen MR) is 71.6 cm³/mol. The molecule has 5 nitrogen and oxygen atoms in total. The van der Waals surface area contributed by atoms with Crippen molar-refractivity contribution in [2.24, 2.45) is 0 Å². The number of aromatic amines is 1. The Bertz CT molecular complexity index is 779. The molecule has 3 rings (SSSR count). The highest BCUT2D eigenvalue weighted by Crippen LogP contribution is 2.10. The quantitative estimate of drug-likeness (QED) is 0.789. The first-order valence-electron chi connectivity index (χ1n) is 6.05. The minimum atomic E-state index is -0.341. The van der Waals surface area contributed by atoms with Gasteiger partial charge in [-0.3, -0.25) is 9.89 Å². The second-order valence-electron chi connectivity index (χ2n) is 4.26. The minimum absolute atomic E-state index is 0.137. The van der Waals surface area contributed by atoms with Gasteiger partial charge in [-0.1, -0.05) is 18.2 Å². The molecule has 100 valence electrons. The van der Waals surface area contributed by atoms with E-state index in [-0.39, 0.29) is 17.9 Å². The molecular weight excluding hydrogens is 259 g/mol. The van der Waals surface area contributed by atoms with Gasteiger partial charge in [-0.25, -0.2) is 19.0 Å². The number of rotatable bonds is 3. The summed E-state index contributed by atoms with van der Waals surface area (Å²) in [6, 6.07) is 9.44. The first kappa shape index (κ1) is 12.3. The van der Waals surface area contributed by atoms with Crippen LogP contribution in [0.5, 0.6) is 0 Å². The molecule has 0 bridgehead atoms. The van der Waals surface area contributed by atoms with Gasteiger partial charge in [0, 0.05) is 24.0 Å². The third kappa shape index (κ3) is 2.35. The molecule has 0 aliphatic carbocycles. The molecule has 3 aromatic rings. The fourth-order valence-electron chi connectivity index (χ4n) is 1.90. The second-order valence-corrected chi connectivity index (χ2v) is 4.26. The summed E-state index contributed by atoms with van der Waals surface area (Å²) >= 11 is 0. The van der Waals surface area contributed by atoms with Crippen LogP contribution in [-0.4, -0.2) is 19.7 Å². The van der Waals surface area contributed by atoms with Crippen LogP contribution in [-0.2, 0) is 6.54 Å². The van der Waals surface area contributed by atoms with Crippen LogP contribution in [0.15, 0.2) is 53.6 Å². The van der Waals surface area contributed by atoms with Gasteiger partial charge >= 0.3 is 0 Å². The van der Waals surface area contributed by atoms with Gasteiger partial charge in [0.1, 0.15) is 11.5 Å². The van der Waals surface area contributed by atoms with E-state index in [1.54, 1.807) is 36.7 Å². The van der Waals surface area contributed by atoms with Crippen molar-refractivity contribution in [2.75, 3.05) is 0 Å². The lowest BCUT2D eigenvalue weighted by Gasteiger charge is -2.03. The zero-order valence-corrected chi connectivity index (χ0v) is 10.5. The van der Waals surface area contributed by atoms with E-state index in [9.17, 15) is 9.18 Å². The lowest BCUT2D eigenvalue weighted by molar-refractivity contribution is 0.580. The van der Waals surface area contributed by atoms with E-state index in [1.165, 1.54) is 16.8 Å². The Kier molecular flexibility index (Phi) is 3.12.